The lowest BCUT2D eigenvalue weighted by molar-refractivity contribution is 0.332. The molecular weight excluding hydrogens is 270 g/mol. The van der Waals surface area contributed by atoms with Crippen molar-refractivity contribution in [2.24, 2.45) is 5.92 Å². The molecule has 2 aliphatic rings. The van der Waals surface area contributed by atoms with Crippen LogP contribution in [0, 0.1) is 17.2 Å². The molecule has 2 heterocycles. The van der Waals surface area contributed by atoms with Gasteiger partial charge in [0.15, 0.2) is 0 Å². The fraction of sp³-hybridized carbons (Fsp3) is 0.579. The third-order valence-electron chi connectivity index (χ3n) is 5.78. The molecule has 3 heteroatoms. The van der Waals surface area contributed by atoms with Gasteiger partial charge in [-0.3, -0.25) is 0 Å². The van der Waals surface area contributed by atoms with Crippen LogP contribution in [0.15, 0.2) is 24.8 Å². The van der Waals surface area contributed by atoms with Crippen molar-refractivity contribution in [3.63, 3.8) is 0 Å². The minimum absolute atomic E-state index is 0.0382. The molecule has 1 atom stereocenters. The molecule has 0 aliphatic heterocycles. The molecule has 0 amide bonds. The summed E-state index contributed by atoms with van der Waals surface area (Å²) in [6.45, 7) is 0. The minimum Gasteiger partial charge on any atom is -0.306 e. The Morgan fingerprint density at radius 2 is 1.95 bits per heavy atom. The average Bonchev–Trinajstić information content (AvgIpc) is 2.97. The predicted octanol–water partition coefficient (Wildman–Crippen LogP) is 4.79. The molecule has 0 radical (unpaired) electrons. The van der Waals surface area contributed by atoms with Crippen LogP contribution in [0.1, 0.15) is 74.3 Å². The number of imidazole rings is 1. The maximum Gasteiger partial charge on any atom is 0.0992 e. The first-order chi connectivity index (χ1) is 10.9. The SMILES string of the molecule is N#CC(c1c(C2CCC2)ccn2cncc12)C1CCCCC1. The molecule has 114 valence electrons. The number of hydrogen-bond donors (Lipinski definition) is 0. The van der Waals surface area contributed by atoms with E-state index in [9.17, 15) is 5.26 Å². The molecule has 0 bridgehead atoms. The molecule has 0 aromatic carbocycles. The fourth-order valence-electron chi connectivity index (χ4n) is 4.32. The van der Waals surface area contributed by atoms with Crippen molar-refractivity contribution < 1.29 is 0 Å². The summed E-state index contributed by atoms with van der Waals surface area (Å²) in [4.78, 5) is 4.32. The Hall–Kier alpha value is -1.82. The van der Waals surface area contributed by atoms with E-state index in [4.69, 9.17) is 0 Å². The first-order valence-electron chi connectivity index (χ1n) is 8.72. The van der Waals surface area contributed by atoms with Crippen molar-refractivity contribution >= 4 is 5.52 Å². The van der Waals surface area contributed by atoms with Gasteiger partial charge in [-0.25, -0.2) is 4.98 Å². The zero-order chi connectivity index (χ0) is 14.9. The third kappa shape index (κ3) is 2.22. The van der Waals surface area contributed by atoms with Crippen LogP contribution >= 0.6 is 0 Å². The Morgan fingerprint density at radius 3 is 2.64 bits per heavy atom. The van der Waals surface area contributed by atoms with E-state index in [1.807, 2.05) is 12.5 Å². The van der Waals surface area contributed by atoms with Gasteiger partial charge >= 0.3 is 0 Å². The van der Waals surface area contributed by atoms with Crippen LogP contribution in [0.25, 0.3) is 5.52 Å². The Morgan fingerprint density at radius 1 is 1.14 bits per heavy atom. The third-order valence-corrected chi connectivity index (χ3v) is 5.78. The van der Waals surface area contributed by atoms with Gasteiger partial charge in [0.05, 0.1) is 30.0 Å². The highest BCUT2D eigenvalue weighted by Gasteiger charge is 2.32. The summed E-state index contributed by atoms with van der Waals surface area (Å²) in [5.41, 5.74) is 3.87. The number of hydrogen-bond acceptors (Lipinski definition) is 2. The molecule has 2 aliphatic carbocycles. The maximum atomic E-state index is 9.95. The van der Waals surface area contributed by atoms with Gasteiger partial charge in [0.2, 0.25) is 0 Å². The van der Waals surface area contributed by atoms with E-state index in [1.54, 1.807) is 0 Å². The van der Waals surface area contributed by atoms with Gasteiger partial charge in [0.25, 0.3) is 0 Å². The summed E-state index contributed by atoms with van der Waals surface area (Å²) >= 11 is 0. The molecule has 1 unspecified atom stereocenters. The van der Waals surface area contributed by atoms with Gasteiger partial charge in [-0.2, -0.15) is 5.26 Å². The van der Waals surface area contributed by atoms with E-state index in [-0.39, 0.29) is 5.92 Å². The van der Waals surface area contributed by atoms with E-state index >= 15 is 0 Å². The molecular formula is C19H23N3. The number of fused-ring (bicyclic) bond motifs is 1. The monoisotopic (exact) mass is 293 g/mol. The standard InChI is InChI=1S/C19H23N3/c20-11-17(15-5-2-1-3-6-15)19-16(14-7-4-8-14)9-10-22-13-21-12-18(19)22/h9-10,12-15,17H,1-8H2. The molecule has 0 saturated heterocycles. The predicted molar refractivity (Wildman–Crippen MR) is 86.7 cm³/mol. The Balaban J connectivity index is 1.82. The maximum absolute atomic E-state index is 9.95. The summed E-state index contributed by atoms with van der Waals surface area (Å²) in [6.07, 6.45) is 16.1. The molecule has 0 spiro atoms. The summed E-state index contributed by atoms with van der Waals surface area (Å²) in [7, 11) is 0. The van der Waals surface area contributed by atoms with E-state index < -0.39 is 0 Å². The molecule has 2 aromatic heterocycles. The van der Waals surface area contributed by atoms with Gasteiger partial charge < -0.3 is 4.40 Å². The lowest BCUT2D eigenvalue weighted by Crippen LogP contribution is -2.20. The smallest absolute Gasteiger partial charge is 0.0992 e. The largest absolute Gasteiger partial charge is 0.306 e. The van der Waals surface area contributed by atoms with Crippen molar-refractivity contribution in [1.82, 2.24) is 9.38 Å². The van der Waals surface area contributed by atoms with Gasteiger partial charge in [0, 0.05) is 6.20 Å². The normalized spacial score (nSPS) is 21.4. The van der Waals surface area contributed by atoms with Crippen LogP contribution in [0.4, 0.5) is 0 Å². The van der Waals surface area contributed by atoms with Crippen LogP contribution in [0.2, 0.25) is 0 Å². The van der Waals surface area contributed by atoms with Gasteiger partial charge in [-0.1, -0.05) is 25.7 Å². The van der Waals surface area contributed by atoms with Crippen LogP contribution in [0.3, 0.4) is 0 Å². The van der Waals surface area contributed by atoms with Crippen molar-refractivity contribution in [3.8, 4) is 6.07 Å². The molecule has 2 aromatic rings. The van der Waals surface area contributed by atoms with Crippen LogP contribution < -0.4 is 0 Å². The van der Waals surface area contributed by atoms with Gasteiger partial charge in [-0.05, 0) is 54.7 Å². The zero-order valence-electron chi connectivity index (χ0n) is 13.0. The Kier molecular flexibility index (Phi) is 3.62. The van der Waals surface area contributed by atoms with E-state index in [0.29, 0.717) is 11.8 Å². The molecule has 3 nitrogen and oxygen atoms in total. The number of nitrogens with zero attached hydrogens (tertiary/aromatic N) is 3. The van der Waals surface area contributed by atoms with E-state index in [0.717, 1.165) is 5.52 Å². The van der Waals surface area contributed by atoms with Crippen molar-refractivity contribution in [2.75, 3.05) is 0 Å². The molecule has 2 fully saturated rings. The Labute approximate surface area is 132 Å². The second-order valence-electron chi connectivity index (χ2n) is 7.00. The van der Waals surface area contributed by atoms with Crippen molar-refractivity contribution in [3.05, 3.63) is 35.9 Å². The fourth-order valence-corrected chi connectivity index (χ4v) is 4.32. The minimum atomic E-state index is 0.0382. The van der Waals surface area contributed by atoms with Crippen LogP contribution in [0.5, 0.6) is 0 Å². The van der Waals surface area contributed by atoms with Crippen LogP contribution in [-0.2, 0) is 0 Å². The number of aromatic nitrogens is 2. The number of rotatable bonds is 3. The quantitative estimate of drug-likeness (QED) is 0.816. The highest BCUT2D eigenvalue weighted by Crippen LogP contribution is 2.45. The lowest BCUT2D eigenvalue weighted by atomic mass is 9.71. The summed E-state index contributed by atoms with van der Waals surface area (Å²) in [6, 6.07) is 4.92. The lowest BCUT2D eigenvalue weighted by Gasteiger charge is -2.32. The Bertz CT molecular complexity index is 699. The highest BCUT2D eigenvalue weighted by atomic mass is 15.0. The van der Waals surface area contributed by atoms with Gasteiger partial charge in [-0.15, -0.1) is 0 Å². The summed E-state index contributed by atoms with van der Waals surface area (Å²) in [5.74, 6) is 1.23. The number of nitriles is 1. The van der Waals surface area contributed by atoms with Crippen LogP contribution in [-0.4, -0.2) is 9.38 Å². The number of pyridine rings is 1. The first kappa shape index (κ1) is 13.8. The van der Waals surface area contributed by atoms with E-state index in [1.165, 1.54) is 62.5 Å². The first-order valence-corrected chi connectivity index (χ1v) is 8.72. The molecule has 22 heavy (non-hydrogen) atoms. The molecule has 4 rings (SSSR count). The van der Waals surface area contributed by atoms with Crippen molar-refractivity contribution in [2.45, 2.75) is 63.2 Å². The highest BCUT2D eigenvalue weighted by molar-refractivity contribution is 5.61. The topological polar surface area (TPSA) is 41.1 Å². The summed E-state index contributed by atoms with van der Waals surface area (Å²) in [5, 5.41) is 9.95. The van der Waals surface area contributed by atoms with E-state index in [2.05, 4.69) is 27.7 Å². The molecule has 2 saturated carbocycles. The summed E-state index contributed by atoms with van der Waals surface area (Å²) < 4.78 is 2.09. The second-order valence-corrected chi connectivity index (χ2v) is 7.00. The van der Waals surface area contributed by atoms with Gasteiger partial charge in [0.1, 0.15) is 0 Å². The second kappa shape index (κ2) is 5.76. The zero-order valence-corrected chi connectivity index (χ0v) is 13.0. The van der Waals surface area contributed by atoms with Crippen molar-refractivity contribution in [1.29, 1.82) is 5.26 Å². The average molecular weight is 293 g/mol. The molecule has 0 N–H and O–H groups in total.